The lowest BCUT2D eigenvalue weighted by Crippen LogP contribution is -2.04. The molecule has 0 saturated carbocycles. The summed E-state index contributed by atoms with van der Waals surface area (Å²) in [6.07, 6.45) is 1.55. The third kappa shape index (κ3) is 3.43. The number of carboxylic acids is 1. The highest BCUT2D eigenvalue weighted by molar-refractivity contribution is 7.84. The molecule has 0 fully saturated rings. The van der Waals surface area contributed by atoms with Crippen LogP contribution in [0.15, 0.2) is 41.4 Å². The lowest BCUT2D eigenvalue weighted by molar-refractivity contribution is 0.0691. The van der Waals surface area contributed by atoms with Gasteiger partial charge in [0.25, 0.3) is 0 Å². The molecule has 1 N–H and O–H groups in total. The van der Waals surface area contributed by atoms with E-state index in [1.807, 2.05) is 0 Å². The second-order valence-corrected chi connectivity index (χ2v) is 5.56. The maximum absolute atomic E-state index is 13.3. The highest BCUT2D eigenvalue weighted by Gasteiger charge is 2.15. The van der Waals surface area contributed by atoms with Gasteiger partial charge in [0, 0.05) is 16.7 Å². The van der Waals surface area contributed by atoms with Gasteiger partial charge in [-0.15, -0.1) is 0 Å². The monoisotopic (exact) mass is 309 g/mol. The van der Waals surface area contributed by atoms with Gasteiger partial charge in [-0.1, -0.05) is 6.07 Å². The molecule has 0 spiro atoms. The summed E-state index contributed by atoms with van der Waals surface area (Å²) in [7, 11) is -0.0778. The van der Waals surface area contributed by atoms with Crippen molar-refractivity contribution in [1.82, 2.24) is 4.98 Å². The molecule has 1 atom stereocenters. The first-order valence-corrected chi connectivity index (χ1v) is 7.24. The van der Waals surface area contributed by atoms with Gasteiger partial charge < -0.3 is 9.84 Å². The van der Waals surface area contributed by atoms with Crippen LogP contribution in [0.1, 0.15) is 15.9 Å². The lowest BCUT2D eigenvalue weighted by atomic mass is 10.2. The van der Waals surface area contributed by atoms with Gasteiger partial charge in [0.2, 0.25) is 5.88 Å². The second-order valence-electron chi connectivity index (χ2n) is 4.11. The summed E-state index contributed by atoms with van der Waals surface area (Å²) in [5.74, 6) is -1.80. The van der Waals surface area contributed by atoms with Crippen molar-refractivity contribution in [3.63, 3.8) is 0 Å². The topological polar surface area (TPSA) is 76.5 Å². The third-order valence-corrected chi connectivity index (χ3v) is 4.11. The number of aromatic nitrogens is 1. The van der Waals surface area contributed by atoms with Gasteiger partial charge in [-0.3, -0.25) is 4.21 Å². The zero-order valence-electron chi connectivity index (χ0n) is 11.1. The fourth-order valence-corrected chi connectivity index (χ4v) is 2.89. The van der Waals surface area contributed by atoms with E-state index in [1.165, 1.54) is 13.2 Å². The second kappa shape index (κ2) is 6.45. The van der Waals surface area contributed by atoms with Crippen LogP contribution in [0, 0.1) is 5.82 Å². The Labute approximate surface area is 122 Å². The molecular formula is C14H12FNO4S. The van der Waals surface area contributed by atoms with E-state index in [1.54, 1.807) is 18.3 Å². The van der Waals surface area contributed by atoms with E-state index in [2.05, 4.69) is 4.98 Å². The van der Waals surface area contributed by atoms with E-state index in [0.29, 0.717) is 11.4 Å². The van der Waals surface area contributed by atoms with E-state index < -0.39 is 28.1 Å². The number of carboxylic acid groups (broad SMARTS) is 1. The fraction of sp³-hybridized carbons (Fsp3) is 0.143. The van der Waals surface area contributed by atoms with Crippen LogP contribution in [-0.2, 0) is 16.6 Å². The molecule has 7 heteroatoms. The number of ether oxygens (including phenoxy) is 1. The number of rotatable bonds is 5. The number of carbonyl (C=O) groups is 1. The first-order valence-electron chi connectivity index (χ1n) is 5.92. The summed E-state index contributed by atoms with van der Waals surface area (Å²) in [5.41, 5.74) is 0.124. The van der Waals surface area contributed by atoms with Crippen LogP contribution in [0.5, 0.6) is 5.88 Å². The maximum Gasteiger partial charge on any atom is 0.338 e. The van der Waals surface area contributed by atoms with Gasteiger partial charge in [0.1, 0.15) is 5.82 Å². The smallest absolute Gasteiger partial charge is 0.338 e. The Morgan fingerprint density at radius 1 is 1.43 bits per heavy atom. The Morgan fingerprint density at radius 2 is 2.19 bits per heavy atom. The van der Waals surface area contributed by atoms with Crippen LogP contribution < -0.4 is 4.74 Å². The average molecular weight is 309 g/mol. The quantitative estimate of drug-likeness (QED) is 0.916. The van der Waals surface area contributed by atoms with Gasteiger partial charge in [0.05, 0.1) is 29.2 Å². The van der Waals surface area contributed by atoms with Crippen LogP contribution >= 0.6 is 0 Å². The van der Waals surface area contributed by atoms with Crippen molar-refractivity contribution in [3.05, 3.63) is 53.5 Å². The van der Waals surface area contributed by atoms with Crippen molar-refractivity contribution in [2.75, 3.05) is 7.11 Å². The standard InChI is InChI=1S/C14H12FNO4S/c1-20-13-9(3-2-6-16-13)8-21(19)10-4-5-12(15)11(7-10)14(17)18/h2-7H,8H2,1H3,(H,17,18). The zero-order chi connectivity index (χ0) is 15.4. The molecule has 21 heavy (non-hydrogen) atoms. The maximum atomic E-state index is 13.3. The Kier molecular flexibility index (Phi) is 4.64. The molecular weight excluding hydrogens is 297 g/mol. The molecule has 1 aromatic heterocycles. The molecule has 2 aromatic rings. The number of aromatic carboxylic acids is 1. The van der Waals surface area contributed by atoms with Crippen molar-refractivity contribution in [2.45, 2.75) is 10.6 Å². The van der Waals surface area contributed by atoms with Crippen LogP contribution in [0.4, 0.5) is 4.39 Å². The van der Waals surface area contributed by atoms with Gasteiger partial charge in [-0.2, -0.15) is 0 Å². The van der Waals surface area contributed by atoms with E-state index in [-0.39, 0.29) is 10.6 Å². The minimum atomic E-state index is -1.53. The molecule has 2 rings (SSSR count). The van der Waals surface area contributed by atoms with Crippen LogP contribution in [0.3, 0.4) is 0 Å². The molecule has 1 unspecified atom stereocenters. The number of hydrogen-bond donors (Lipinski definition) is 1. The molecule has 0 aliphatic heterocycles. The van der Waals surface area contributed by atoms with Crippen molar-refractivity contribution >= 4 is 16.8 Å². The summed E-state index contributed by atoms with van der Waals surface area (Å²) >= 11 is 0. The Morgan fingerprint density at radius 3 is 2.86 bits per heavy atom. The zero-order valence-corrected chi connectivity index (χ0v) is 11.9. The Balaban J connectivity index is 2.29. The van der Waals surface area contributed by atoms with Crippen LogP contribution in [0.25, 0.3) is 0 Å². The molecule has 0 bridgehead atoms. The fourth-order valence-electron chi connectivity index (χ4n) is 1.75. The highest BCUT2D eigenvalue weighted by Crippen LogP contribution is 2.20. The summed E-state index contributed by atoms with van der Waals surface area (Å²) < 4.78 is 30.7. The summed E-state index contributed by atoms with van der Waals surface area (Å²) in [6.45, 7) is 0. The number of methoxy groups -OCH3 is 1. The van der Waals surface area contributed by atoms with Crippen molar-refractivity contribution in [3.8, 4) is 5.88 Å². The SMILES string of the molecule is COc1ncccc1CS(=O)c1ccc(F)c(C(=O)O)c1. The highest BCUT2D eigenvalue weighted by atomic mass is 32.2. The largest absolute Gasteiger partial charge is 0.481 e. The predicted molar refractivity (Wildman–Crippen MR) is 74.3 cm³/mol. The van der Waals surface area contributed by atoms with Crippen molar-refractivity contribution < 1.29 is 23.2 Å². The molecule has 1 aromatic carbocycles. The number of benzene rings is 1. The molecule has 0 saturated heterocycles. The minimum absolute atomic E-state index is 0.0989. The summed E-state index contributed by atoms with van der Waals surface area (Å²) in [4.78, 5) is 15.1. The third-order valence-electron chi connectivity index (χ3n) is 2.76. The Bertz CT molecular complexity index is 705. The lowest BCUT2D eigenvalue weighted by Gasteiger charge is -2.07. The normalized spacial score (nSPS) is 11.9. The molecule has 0 radical (unpaired) electrons. The van der Waals surface area contributed by atoms with E-state index in [0.717, 1.165) is 12.1 Å². The predicted octanol–water partition coefficient (Wildman–Crippen LogP) is 2.24. The molecule has 1 heterocycles. The van der Waals surface area contributed by atoms with Gasteiger partial charge in [-0.05, 0) is 24.3 Å². The summed E-state index contributed by atoms with van der Waals surface area (Å²) in [6, 6.07) is 6.78. The molecule has 0 aliphatic rings. The van der Waals surface area contributed by atoms with E-state index >= 15 is 0 Å². The molecule has 0 amide bonds. The first-order chi connectivity index (χ1) is 10.0. The Hall–Kier alpha value is -2.28. The number of nitrogens with zero attached hydrogens (tertiary/aromatic N) is 1. The van der Waals surface area contributed by atoms with E-state index in [4.69, 9.17) is 9.84 Å². The molecule has 110 valence electrons. The minimum Gasteiger partial charge on any atom is -0.481 e. The van der Waals surface area contributed by atoms with Crippen molar-refractivity contribution in [2.24, 2.45) is 0 Å². The number of hydrogen-bond acceptors (Lipinski definition) is 4. The van der Waals surface area contributed by atoms with Gasteiger partial charge >= 0.3 is 5.97 Å². The summed E-state index contributed by atoms with van der Waals surface area (Å²) in [5, 5.41) is 8.87. The van der Waals surface area contributed by atoms with Gasteiger partial charge in [0.15, 0.2) is 0 Å². The van der Waals surface area contributed by atoms with Crippen LogP contribution in [0.2, 0.25) is 0 Å². The molecule has 5 nitrogen and oxygen atoms in total. The van der Waals surface area contributed by atoms with E-state index in [9.17, 15) is 13.4 Å². The van der Waals surface area contributed by atoms with Crippen molar-refractivity contribution in [1.29, 1.82) is 0 Å². The van der Waals surface area contributed by atoms with Crippen LogP contribution in [-0.4, -0.2) is 27.4 Å². The number of halogens is 1. The average Bonchev–Trinajstić information content (AvgIpc) is 2.47. The first kappa shape index (κ1) is 15.1. The van der Waals surface area contributed by atoms with Gasteiger partial charge in [-0.25, -0.2) is 14.2 Å². The molecule has 0 aliphatic carbocycles. The number of pyridine rings is 1.